The van der Waals surface area contributed by atoms with Crippen LogP contribution in [0.5, 0.6) is 0 Å². The van der Waals surface area contributed by atoms with Crippen LogP contribution in [0, 0.1) is 0 Å². The lowest BCUT2D eigenvalue weighted by Crippen LogP contribution is -2.47. The van der Waals surface area contributed by atoms with Gasteiger partial charge in [0.25, 0.3) is 0 Å². The molecule has 2 heteroatoms. The van der Waals surface area contributed by atoms with Crippen molar-refractivity contribution < 1.29 is 0 Å². The van der Waals surface area contributed by atoms with Crippen molar-refractivity contribution in [1.82, 2.24) is 10.2 Å². The highest BCUT2D eigenvalue weighted by atomic mass is 15.2. The molecule has 1 N–H and O–H groups in total. The van der Waals surface area contributed by atoms with Crippen LogP contribution < -0.4 is 5.32 Å². The van der Waals surface area contributed by atoms with Crippen molar-refractivity contribution in [3.05, 3.63) is 108 Å². The maximum atomic E-state index is 3.76. The molecule has 1 heterocycles. The average molecular weight is 328 g/mol. The molecule has 1 fully saturated rings. The van der Waals surface area contributed by atoms with Crippen LogP contribution in [0.4, 0.5) is 0 Å². The molecule has 4 rings (SSSR count). The zero-order valence-electron chi connectivity index (χ0n) is 14.4. The third kappa shape index (κ3) is 3.65. The Balaban J connectivity index is 1.69. The van der Waals surface area contributed by atoms with Gasteiger partial charge in [0.05, 0.1) is 12.1 Å². The van der Waals surface area contributed by atoms with Gasteiger partial charge in [0, 0.05) is 19.6 Å². The van der Waals surface area contributed by atoms with Gasteiger partial charge < -0.3 is 5.32 Å². The van der Waals surface area contributed by atoms with Gasteiger partial charge in [0.2, 0.25) is 0 Å². The monoisotopic (exact) mass is 328 g/mol. The second kappa shape index (κ2) is 7.64. The Kier molecular flexibility index (Phi) is 4.91. The first-order chi connectivity index (χ1) is 12.4. The van der Waals surface area contributed by atoms with E-state index in [9.17, 15) is 0 Å². The lowest BCUT2D eigenvalue weighted by molar-refractivity contribution is 0.111. The minimum Gasteiger partial charge on any atom is -0.307 e. The highest BCUT2D eigenvalue weighted by Crippen LogP contribution is 2.37. The fraction of sp³-hybridized carbons (Fsp3) is 0.217. The Hall–Kier alpha value is -2.42. The van der Waals surface area contributed by atoms with E-state index < -0.39 is 0 Å². The average Bonchev–Trinajstić information content (AvgIpc) is 2.70. The second-order valence-electron chi connectivity index (χ2n) is 6.65. The summed E-state index contributed by atoms with van der Waals surface area (Å²) in [6, 6.07) is 33.2. The predicted octanol–water partition coefficient (Wildman–Crippen LogP) is 4.57. The molecule has 126 valence electrons. The molecule has 0 aliphatic carbocycles. The molecule has 0 radical (unpaired) electrons. The molecule has 1 saturated heterocycles. The Morgan fingerprint density at radius 2 is 1.28 bits per heavy atom. The molecule has 0 amide bonds. The topological polar surface area (TPSA) is 15.3 Å². The van der Waals surface area contributed by atoms with Gasteiger partial charge >= 0.3 is 0 Å². The summed E-state index contributed by atoms with van der Waals surface area (Å²) in [7, 11) is 0. The van der Waals surface area contributed by atoms with Crippen LogP contribution in [0.25, 0.3) is 0 Å². The van der Waals surface area contributed by atoms with E-state index in [2.05, 4.69) is 101 Å². The molecule has 0 aromatic heterocycles. The largest absolute Gasteiger partial charge is 0.307 e. The van der Waals surface area contributed by atoms with Gasteiger partial charge in [-0.15, -0.1) is 0 Å². The van der Waals surface area contributed by atoms with Gasteiger partial charge in [-0.1, -0.05) is 91.0 Å². The quantitative estimate of drug-likeness (QED) is 0.754. The van der Waals surface area contributed by atoms with Crippen molar-refractivity contribution in [3.8, 4) is 0 Å². The smallest absolute Gasteiger partial charge is 0.0547 e. The molecule has 2 atom stereocenters. The van der Waals surface area contributed by atoms with Crippen LogP contribution in [0.1, 0.15) is 28.8 Å². The Bertz CT molecular complexity index is 771. The summed E-state index contributed by atoms with van der Waals surface area (Å²) < 4.78 is 0. The number of nitrogens with zero attached hydrogens (tertiary/aromatic N) is 1. The van der Waals surface area contributed by atoms with Crippen molar-refractivity contribution in [1.29, 1.82) is 0 Å². The molecule has 1 aliphatic heterocycles. The number of rotatable bonds is 4. The van der Waals surface area contributed by atoms with Gasteiger partial charge in [0.15, 0.2) is 0 Å². The number of hydrogen-bond acceptors (Lipinski definition) is 2. The molecule has 2 nitrogen and oxygen atoms in total. The third-order valence-corrected chi connectivity index (χ3v) is 5.00. The van der Waals surface area contributed by atoms with Gasteiger partial charge in [-0.25, -0.2) is 0 Å². The zero-order valence-corrected chi connectivity index (χ0v) is 14.4. The summed E-state index contributed by atoms with van der Waals surface area (Å²) in [5.74, 6) is 0. The van der Waals surface area contributed by atoms with Crippen LogP contribution in [0.2, 0.25) is 0 Å². The summed E-state index contributed by atoms with van der Waals surface area (Å²) in [6.07, 6.45) is 0. The van der Waals surface area contributed by atoms with E-state index in [0.29, 0.717) is 12.1 Å². The van der Waals surface area contributed by atoms with Gasteiger partial charge in [-0.05, 0) is 16.7 Å². The zero-order chi connectivity index (χ0) is 16.9. The third-order valence-electron chi connectivity index (χ3n) is 5.00. The van der Waals surface area contributed by atoms with Crippen molar-refractivity contribution >= 4 is 0 Å². The molecule has 1 aliphatic rings. The van der Waals surface area contributed by atoms with Gasteiger partial charge in [-0.3, -0.25) is 4.90 Å². The summed E-state index contributed by atoms with van der Waals surface area (Å²) in [6.45, 7) is 3.04. The van der Waals surface area contributed by atoms with Gasteiger partial charge in [0.1, 0.15) is 0 Å². The van der Waals surface area contributed by atoms with Crippen LogP contribution in [0.15, 0.2) is 91.0 Å². The Morgan fingerprint density at radius 1 is 0.720 bits per heavy atom. The SMILES string of the molecule is c1ccc(CN2CCNC(c3ccccc3)C2c2ccccc2)cc1. The standard InChI is InChI=1S/C23H24N2/c1-4-10-19(11-5-1)18-25-17-16-24-22(20-12-6-2-7-13-20)23(25)21-14-8-3-9-15-21/h1-15,22-24H,16-18H2. The first-order valence-corrected chi connectivity index (χ1v) is 9.03. The van der Waals surface area contributed by atoms with Crippen LogP contribution in [0.3, 0.4) is 0 Å². The van der Waals surface area contributed by atoms with Crippen molar-refractivity contribution in [2.75, 3.05) is 13.1 Å². The maximum Gasteiger partial charge on any atom is 0.0547 e. The van der Waals surface area contributed by atoms with E-state index in [1.807, 2.05) is 0 Å². The van der Waals surface area contributed by atoms with E-state index in [-0.39, 0.29) is 0 Å². The molecule has 25 heavy (non-hydrogen) atoms. The van der Waals surface area contributed by atoms with E-state index in [4.69, 9.17) is 0 Å². The molecule has 3 aromatic rings. The molecule has 0 bridgehead atoms. The lowest BCUT2D eigenvalue weighted by atomic mass is 9.90. The van der Waals surface area contributed by atoms with E-state index in [0.717, 1.165) is 19.6 Å². The van der Waals surface area contributed by atoms with E-state index in [1.54, 1.807) is 0 Å². The Morgan fingerprint density at radius 3 is 1.92 bits per heavy atom. The first-order valence-electron chi connectivity index (χ1n) is 9.03. The number of hydrogen-bond donors (Lipinski definition) is 1. The summed E-state index contributed by atoms with van der Waals surface area (Å²) in [4.78, 5) is 2.61. The second-order valence-corrected chi connectivity index (χ2v) is 6.65. The van der Waals surface area contributed by atoms with Crippen molar-refractivity contribution in [3.63, 3.8) is 0 Å². The van der Waals surface area contributed by atoms with Crippen LogP contribution in [-0.2, 0) is 6.54 Å². The van der Waals surface area contributed by atoms with Crippen LogP contribution in [-0.4, -0.2) is 18.0 Å². The van der Waals surface area contributed by atoms with Gasteiger partial charge in [-0.2, -0.15) is 0 Å². The minimum absolute atomic E-state index is 0.307. The number of nitrogens with one attached hydrogen (secondary N) is 1. The lowest BCUT2D eigenvalue weighted by Gasteiger charge is -2.42. The predicted molar refractivity (Wildman–Crippen MR) is 103 cm³/mol. The number of benzene rings is 3. The molecular weight excluding hydrogens is 304 g/mol. The molecule has 2 unspecified atom stereocenters. The van der Waals surface area contributed by atoms with E-state index in [1.165, 1.54) is 16.7 Å². The molecular formula is C23H24N2. The first kappa shape index (κ1) is 16.1. The minimum atomic E-state index is 0.307. The molecule has 0 saturated carbocycles. The highest BCUT2D eigenvalue weighted by molar-refractivity contribution is 5.29. The summed E-state index contributed by atoms with van der Waals surface area (Å²) >= 11 is 0. The normalized spacial score (nSPS) is 21.1. The fourth-order valence-corrected chi connectivity index (χ4v) is 3.83. The molecule has 0 spiro atoms. The van der Waals surface area contributed by atoms with E-state index >= 15 is 0 Å². The summed E-state index contributed by atoms with van der Waals surface area (Å²) in [5.41, 5.74) is 4.10. The highest BCUT2D eigenvalue weighted by Gasteiger charge is 2.33. The maximum absolute atomic E-state index is 3.76. The van der Waals surface area contributed by atoms with Crippen LogP contribution >= 0.6 is 0 Å². The Labute approximate surface area is 150 Å². The fourth-order valence-electron chi connectivity index (χ4n) is 3.83. The number of piperazine rings is 1. The van der Waals surface area contributed by atoms with Crippen molar-refractivity contribution in [2.45, 2.75) is 18.6 Å². The summed E-state index contributed by atoms with van der Waals surface area (Å²) in [5, 5.41) is 3.76. The van der Waals surface area contributed by atoms with Crippen molar-refractivity contribution in [2.24, 2.45) is 0 Å². The molecule has 3 aromatic carbocycles.